The molecule has 1 aliphatic rings. The summed E-state index contributed by atoms with van der Waals surface area (Å²) in [6, 6.07) is -0.833. The minimum atomic E-state index is -1.58. The van der Waals surface area contributed by atoms with Gasteiger partial charge in [-0.3, -0.25) is 4.79 Å². The van der Waals surface area contributed by atoms with E-state index >= 15 is 0 Å². The number of hydrogen-bond acceptors (Lipinski definition) is 8. The van der Waals surface area contributed by atoms with Crippen molar-refractivity contribution in [2.45, 2.75) is 307 Å². The summed E-state index contributed by atoms with van der Waals surface area (Å²) in [7, 11) is 0. The van der Waals surface area contributed by atoms with E-state index in [1.54, 1.807) is 6.08 Å². The summed E-state index contributed by atoms with van der Waals surface area (Å²) in [4.78, 5) is 13.0. The second kappa shape index (κ2) is 48.8. The normalized spacial score (nSPS) is 19.9. The van der Waals surface area contributed by atoms with Gasteiger partial charge in [0.15, 0.2) is 6.29 Å². The molecule has 0 aliphatic carbocycles. The molecule has 1 rings (SSSR count). The molecular weight excluding hydrogens is 851 g/mol. The molecular formula is C59H109NO8. The fourth-order valence-electron chi connectivity index (χ4n) is 9.01. The first-order valence-corrected chi connectivity index (χ1v) is 28.9. The zero-order valence-corrected chi connectivity index (χ0v) is 44.1. The number of nitrogens with one attached hydrogen (secondary N) is 1. The van der Waals surface area contributed by atoms with Crippen LogP contribution in [0.1, 0.15) is 264 Å². The summed E-state index contributed by atoms with van der Waals surface area (Å²) in [5.74, 6) is -0.198. The molecule has 7 unspecified atom stereocenters. The van der Waals surface area contributed by atoms with Gasteiger partial charge < -0.3 is 40.3 Å². The lowest BCUT2D eigenvalue weighted by atomic mass is 9.99. The predicted molar refractivity (Wildman–Crippen MR) is 286 cm³/mol. The third-order valence-electron chi connectivity index (χ3n) is 13.6. The van der Waals surface area contributed by atoms with E-state index in [9.17, 15) is 30.3 Å². The highest BCUT2D eigenvalue weighted by atomic mass is 16.7. The molecule has 1 saturated heterocycles. The Kier molecular flexibility index (Phi) is 46.0. The van der Waals surface area contributed by atoms with Gasteiger partial charge >= 0.3 is 0 Å². The van der Waals surface area contributed by atoms with Gasteiger partial charge in [-0.2, -0.15) is 0 Å². The van der Waals surface area contributed by atoms with Crippen LogP contribution in [0, 0.1) is 0 Å². The Morgan fingerprint density at radius 3 is 1.24 bits per heavy atom. The van der Waals surface area contributed by atoms with Gasteiger partial charge in [-0.25, -0.2) is 0 Å². The molecule has 0 spiro atoms. The van der Waals surface area contributed by atoms with E-state index in [2.05, 4.69) is 55.6 Å². The van der Waals surface area contributed by atoms with Crippen LogP contribution in [0.2, 0.25) is 0 Å². The highest BCUT2D eigenvalue weighted by Gasteiger charge is 2.44. The first kappa shape index (κ1) is 64.2. The lowest BCUT2D eigenvalue weighted by Gasteiger charge is -2.40. The highest BCUT2D eigenvalue weighted by Crippen LogP contribution is 2.23. The molecule has 1 fully saturated rings. The van der Waals surface area contributed by atoms with Crippen molar-refractivity contribution in [1.29, 1.82) is 0 Å². The van der Waals surface area contributed by atoms with Gasteiger partial charge in [0.05, 0.1) is 25.4 Å². The molecule has 398 valence electrons. The molecule has 68 heavy (non-hydrogen) atoms. The average molecular weight is 961 g/mol. The Morgan fingerprint density at radius 2 is 0.838 bits per heavy atom. The molecule has 9 heteroatoms. The fraction of sp³-hybridized carbons (Fsp3) is 0.847. The van der Waals surface area contributed by atoms with Crippen molar-refractivity contribution in [3.05, 3.63) is 48.6 Å². The van der Waals surface area contributed by atoms with Gasteiger partial charge in [0, 0.05) is 6.42 Å². The second-order valence-corrected chi connectivity index (χ2v) is 20.1. The molecule has 9 nitrogen and oxygen atoms in total. The quantitative estimate of drug-likeness (QED) is 0.0261. The summed E-state index contributed by atoms with van der Waals surface area (Å²) in [6.45, 7) is 3.77. The van der Waals surface area contributed by atoms with Crippen LogP contribution in [0.3, 0.4) is 0 Å². The number of carbonyl (C=O) groups is 1. The van der Waals surface area contributed by atoms with Crippen LogP contribution in [0.5, 0.6) is 0 Å². The van der Waals surface area contributed by atoms with E-state index in [1.165, 1.54) is 180 Å². The van der Waals surface area contributed by atoms with Crippen LogP contribution >= 0.6 is 0 Å². The minimum Gasteiger partial charge on any atom is -0.394 e. The van der Waals surface area contributed by atoms with Gasteiger partial charge in [-0.1, -0.05) is 236 Å². The maximum Gasteiger partial charge on any atom is 0.220 e. The predicted octanol–water partition coefficient (Wildman–Crippen LogP) is 14.1. The summed E-state index contributed by atoms with van der Waals surface area (Å²) in [5, 5.41) is 54.4. The van der Waals surface area contributed by atoms with Crippen LogP contribution < -0.4 is 5.32 Å². The van der Waals surface area contributed by atoms with E-state index in [4.69, 9.17) is 9.47 Å². The van der Waals surface area contributed by atoms with Gasteiger partial charge in [0.25, 0.3) is 0 Å². The van der Waals surface area contributed by atoms with Crippen molar-refractivity contribution in [2.75, 3.05) is 13.2 Å². The molecule has 1 heterocycles. The molecule has 0 aromatic heterocycles. The van der Waals surface area contributed by atoms with E-state index in [-0.39, 0.29) is 12.5 Å². The first-order valence-electron chi connectivity index (χ1n) is 28.9. The van der Waals surface area contributed by atoms with Crippen LogP contribution in [0.4, 0.5) is 0 Å². The molecule has 6 N–H and O–H groups in total. The second-order valence-electron chi connectivity index (χ2n) is 20.1. The standard InChI is InChI=1S/C59H109NO8/c1-3-5-7-9-11-13-15-17-19-21-22-23-24-25-26-27-28-29-30-31-32-33-34-36-38-40-42-44-46-48-53(62)52(51-67-59-58(66)57(65)56(64)54(50-61)68-59)60-55(63)49-47-45-43-41-39-37-35-20-18-16-14-12-10-8-6-4-2/h20,32-33,35,38,40,46,48,52-54,56-59,61-62,64-66H,3-19,21-31,34,36-37,39,41-45,47,49-51H2,1-2H3,(H,60,63)/b33-32+,35-20-,40-38+,48-46+. The smallest absolute Gasteiger partial charge is 0.220 e. The number of ether oxygens (including phenoxy) is 2. The Balaban J connectivity index is 2.25. The molecule has 7 atom stereocenters. The van der Waals surface area contributed by atoms with E-state index in [0.29, 0.717) is 6.42 Å². The lowest BCUT2D eigenvalue weighted by molar-refractivity contribution is -0.302. The molecule has 0 aromatic rings. The summed E-state index contributed by atoms with van der Waals surface area (Å²) < 4.78 is 11.2. The van der Waals surface area contributed by atoms with Crippen molar-refractivity contribution < 1.29 is 39.8 Å². The largest absolute Gasteiger partial charge is 0.394 e. The summed E-state index contributed by atoms with van der Waals surface area (Å²) >= 11 is 0. The third kappa shape index (κ3) is 37.9. The molecule has 0 aromatic carbocycles. The number of rotatable bonds is 49. The van der Waals surface area contributed by atoms with Crippen molar-refractivity contribution >= 4 is 5.91 Å². The van der Waals surface area contributed by atoms with Crippen LogP contribution in [-0.2, 0) is 14.3 Å². The summed E-state index contributed by atoms with van der Waals surface area (Å²) in [5.41, 5.74) is 0. The fourth-order valence-corrected chi connectivity index (χ4v) is 9.01. The number of carbonyl (C=O) groups excluding carboxylic acids is 1. The summed E-state index contributed by atoms with van der Waals surface area (Å²) in [6.07, 6.45) is 57.6. The maximum absolute atomic E-state index is 13.0. The van der Waals surface area contributed by atoms with Crippen LogP contribution in [0.15, 0.2) is 48.6 Å². The number of unbranched alkanes of at least 4 members (excludes halogenated alkanes) is 33. The number of aliphatic hydroxyl groups excluding tert-OH is 5. The molecule has 1 amide bonds. The van der Waals surface area contributed by atoms with Gasteiger partial charge in [-0.05, 0) is 70.6 Å². The van der Waals surface area contributed by atoms with Crippen LogP contribution in [0.25, 0.3) is 0 Å². The average Bonchev–Trinajstić information content (AvgIpc) is 3.34. The monoisotopic (exact) mass is 960 g/mol. The van der Waals surface area contributed by atoms with E-state index in [0.717, 1.165) is 64.2 Å². The van der Waals surface area contributed by atoms with Crippen molar-refractivity contribution in [1.82, 2.24) is 5.32 Å². The molecule has 0 bridgehead atoms. The highest BCUT2D eigenvalue weighted by molar-refractivity contribution is 5.76. The number of allylic oxidation sites excluding steroid dienone is 7. The van der Waals surface area contributed by atoms with Crippen LogP contribution in [-0.4, -0.2) is 87.5 Å². The zero-order valence-electron chi connectivity index (χ0n) is 44.1. The lowest BCUT2D eigenvalue weighted by Crippen LogP contribution is -2.60. The SMILES string of the molecule is CCCCCCCCC/C=C\CCCCCCCC(=O)NC(COC1OC(CO)C(O)C(O)C1O)C(O)/C=C/CC/C=C/CC/C=C/CCCCCCCCCCCCCCCCCCCCC. The Labute approximate surface area is 418 Å². The van der Waals surface area contributed by atoms with Gasteiger partial charge in [0.2, 0.25) is 5.91 Å². The third-order valence-corrected chi connectivity index (χ3v) is 13.6. The zero-order chi connectivity index (χ0) is 49.4. The Morgan fingerprint density at radius 1 is 0.485 bits per heavy atom. The number of aliphatic hydroxyl groups is 5. The molecule has 0 radical (unpaired) electrons. The van der Waals surface area contributed by atoms with Crippen molar-refractivity contribution in [3.63, 3.8) is 0 Å². The number of amides is 1. The Bertz CT molecular complexity index is 1210. The van der Waals surface area contributed by atoms with Gasteiger partial charge in [0.1, 0.15) is 24.4 Å². The molecule has 0 saturated carbocycles. The first-order chi connectivity index (χ1) is 33.3. The van der Waals surface area contributed by atoms with E-state index in [1.807, 2.05) is 6.08 Å². The Hall–Kier alpha value is -1.85. The minimum absolute atomic E-state index is 0.198. The van der Waals surface area contributed by atoms with E-state index < -0.39 is 49.5 Å². The van der Waals surface area contributed by atoms with Crippen molar-refractivity contribution in [3.8, 4) is 0 Å². The number of hydrogen-bond donors (Lipinski definition) is 6. The maximum atomic E-state index is 13.0. The molecule has 1 aliphatic heterocycles. The van der Waals surface area contributed by atoms with Crippen molar-refractivity contribution in [2.24, 2.45) is 0 Å². The topological polar surface area (TPSA) is 149 Å². The van der Waals surface area contributed by atoms with Gasteiger partial charge in [-0.15, -0.1) is 0 Å².